The molecule has 1 aromatic heterocycles. The lowest BCUT2D eigenvalue weighted by molar-refractivity contribution is -0.145. The van der Waals surface area contributed by atoms with Gasteiger partial charge in [-0.05, 0) is 31.4 Å². The molecule has 4 amide bonds. The van der Waals surface area contributed by atoms with E-state index in [9.17, 15) is 39.0 Å². The lowest BCUT2D eigenvalue weighted by atomic mass is 10.0. The second-order valence-corrected chi connectivity index (χ2v) is 9.29. The fourth-order valence-corrected chi connectivity index (χ4v) is 3.89. The van der Waals surface area contributed by atoms with E-state index in [1.54, 1.807) is 30.5 Å². The molecule has 1 heterocycles. The highest BCUT2D eigenvalue weighted by Crippen LogP contribution is 2.19. The number of primary amides is 1. The van der Waals surface area contributed by atoms with E-state index in [1.165, 1.54) is 6.92 Å². The number of hydrogen-bond acceptors (Lipinski definition) is 8. The van der Waals surface area contributed by atoms with Crippen molar-refractivity contribution in [3.05, 3.63) is 36.0 Å². The predicted octanol–water partition coefficient (Wildman–Crippen LogP) is -1.91. The number of aliphatic carboxylic acids is 2. The van der Waals surface area contributed by atoms with Crippen LogP contribution in [0.3, 0.4) is 0 Å². The molecule has 0 radical (unpaired) electrons. The number of carboxylic acids is 2. The van der Waals surface area contributed by atoms with E-state index >= 15 is 0 Å². The van der Waals surface area contributed by atoms with Crippen LogP contribution in [0, 0.1) is 0 Å². The summed E-state index contributed by atoms with van der Waals surface area (Å²) in [5, 5.41) is 35.8. The summed E-state index contributed by atoms with van der Waals surface area (Å²) >= 11 is 0. The Balaban J connectivity index is 2.31. The number of hydrogen-bond donors (Lipinski definition) is 9. The second-order valence-electron chi connectivity index (χ2n) is 9.29. The van der Waals surface area contributed by atoms with Gasteiger partial charge < -0.3 is 47.7 Å². The summed E-state index contributed by atoms with van der Waals surface area (Å²) in [5.41, 5.74) is 12.3. The van der Waals surface area contributed by atoms with E-state index < -0.39 is 72.3 Å². The van der Waals surface area contributed by atoms with Crippen molar-refractivity contribution in [3.63, 3.8) is 0 Å². The zero-order valence-electron chi connectivity index (χ0n) is 21.8. The number of nitrogens with two attached hydrogens (primary N) is 2. The van der Waals surface area contributed by atoms with Crippen molar-refractivity contribution in [2.75, 3.05) is 0 Å². The highest BCUT2D eigenvalue weighted by Gasteiger charge is 2.32. The summed E-state index contributed by atoms with van der Waals surface area (Å²) in [6.07, 6.45) is -1.13. The van der Waals surface area contributed by atoms with E-state index in [0.717, 1.165) is 10.9 Å². The molecule has 11 N–H and O–H groups in total. The number of aromatic nitrogens is 1. The van der Waals surface area contributed by atoms with Crippen LogP contribution in [-0.2, 0) is 35.2 Å². The number of nitrogens with one attached hydrogen (secondary N) is 4. The third-order valence-corrected chi connectivity index (χ3v) is 6.10. The average molecular weight is 563 g/mol. The Bertz CT molecular complexity index is 1240. The van der Waals surface area contributed by atoms with Crippen molar-refractivity contribution < 1.29 is 44.1 Å². The lowest BCUT2D eigenvalue weighted by Gasteiger charge is -2.25. The number of carbonyl (C=O) groups excluding carboxylic acids is 4. The van der Waals surface area contributed by atoms with Crippen LogP contribution >= 0.6 is 0 Å². The van der Waals surface area contributed by atoms with Gasteiger partial charge in [0.1, 0.15) is 12.1 Å². The SMILES string of the molecule is CC(O)C(NC(=O)C(Cc1c[nH]c2ccccc12)NC(=O)C(CCC(N)=O)NC(=O)C(N)CCC(=O)O)C(=O)O. The van der Waals surface area contributed by atoms with Crippen molar-refractivity contribution in [3.8, 4) is 0 Å². The first-order valence-electron chi connectivity index (χ1n) is 12.4. The molecule has 15 nitrogen and oxygen atoms in total. The quantitative estimate of drug-likeness (QED) is 0.109. The molecule has 2 aromatic rings. The summed E-state index contributed by atoms with van der Waals surface area (Å²) < 4.78 is 0. The van der Waals surface area contributed by atoms with Crippen LogP contribution in [-0.4, -0.2) is 86.1 Å². The van der Waals surface area contributed by atoms with E-state index in [4.69, 9.17) is 16.6 Å². The van der Waals surface area contributed by atoms with Gasteiger partial charge in [0, 0.05) is 36.4 Å². The highest BCUT2D eigenvalue weighted by atomic mass is 16.4. The number of carboxylic acid groups (broad SMARTS) is 2. The molecule has 40 heavy (non-hydrogen) atoms. The molecule has 5 atom stereocenters. The first kappa shape index (κ1) is 31.7. The number of aromatic amines is 1. The summed E-state index contributed by atoms with van der Waals surface area (Å²) in [7, 11) is 0. The highest BCUT2D eigenvalue weighted by molar-refractivity contribution is 5.95. The fourth-order valence-electron chi connectivity index (χ4n) is 3.89. The molecule has 15 heteroatoms. The molecular weight excluding hydrogens is 528 g/mol. The maximum absolute atomic E-state index is 13.3. The second kappa shape index (κ2) is 14.6. The Kier molecular flexibility index (Phi) is 11.6. The molecule has 0 aliphatic rings. The van der Waals surface area contributed by atoms with Crippen molar-refractivity contribution in [2.24, 2.45) is 11.5 Å². The van der Waals surface area contributed by atoms with Crippen LogP contribution in [0.1, 0.15) is 38.2 Å². The van der Waals surface area contributed by atoms with Crippen molar-refractivity contribution >= 4 is 46.5 Å². The number of aliphatic hydroxyl groups is 1. The molecule has 0 saturated heterocycles. The molecule has 0 spiro atoms. The zero-order valence-corrected chi connectivity index (χ0v) is 21.8. The maximum Gasteiger partial charge on any atom is 0.328 e. The first-order valence-corrected chi connectivity index (χ1v) is 12.4. The van der Waals surface area contributed by atoms with Gasteiger partial charge in [-0.2, -0.15) is 0 Å². The van der Waals surface area contributed by atoms with Gasteiger partial charge in [0.05, 0.1) is 12.1 Å². The smallest absolute Gasteiger partial charge is 0.328 e. The number of aliphatic hydroxyl groups excluding tert-OH is 1. The van der Waals surface area contributed by atoms with Gasteiger partial charge in [-0.3, -0.25) is 24.0 Å². The third-order valence-electron chi connectivity index (χ3n) is 6.10. The summed E-state index contributed by atoms with van der Waals surface area (Å²) in [6, 6.07) is 1.43. The van der Waals surface area contributed by atoms with Crippen LogP contribution in [0.15, 0.2) is 30.5 Å². The number of carbonyl (C=O) groups is 6. The van der Waals surface area contributed by atoms with Crippen LogP contribution in [0.25, 0.3) is 10.9 Å². The van der Waals surface area contributed by atoms with Gasteiger partial charge in [0.15, 0.2) is 6.04 Å². The molecule has 1 aromatic carbocycles. The van der Waals surface area contributed by atoms with E-state index in [1.807, 2.05) is 0 Å². The minimum atomic E-state index is -1.67. The van der Waals surface area contributed by atoms with Crippen molar-refractivity contribution in [1.29, 1.82) is 0 Å². The first-order chi connectivity index (χ1) is 18.8. The Labute approximate surface area is 228 Å². The maximum atomic E-state index is 13.3. The van der Waals surface area contributed by atoms with Crippen molar-refractivity contribution in [2.45, 2.75) is 69.3 Å². The van der Waals surface area contributed by atoms with E-state index in [2.05, 4.69) is 20.9 Å². The number of amides is 4. The number of fused-ring (bicyclic) bond motifs is 1. The average Bonchev–Trinajstić information content (AvgIpc) is 3.29. The Hall–Kier alpha value is -4.50. The molecule has 5 unspecified atom stereocenters. The van der Waals surface area contributed by atoms with E-state index in [-0.39, 0.29) is 25.7 Å². The van der Waals surface area contributed by atoms with Crippen LogP contribution in [0.2, 0.25) is 0 Å². The number of para-hydroxylation sites is 1. The molecule has 0 aliphatic carbocycles. The summed E-state index contributed by atoms with van der Waals surface area (Å²) in [6.45, 7) is 1.18. The van der Waals surface area contributed by atoms with Crippen LogP contribution in [0.4, 0.5) is 0 Å². The topological polar surface area (TPSA) is 267 Å². The van der Waals surface area contributed by atoms with Gasteiger partial charge in [0.2, 0.25) is 23.6 Å². The molecular formula is C25H34N6O9. The Morgan fingerprint density at radius 1 is 0.900 bits per heavy atom. The van der Waals surface area contributed by atoms with Gasteiger partial charge in [-0.1, -0.05) is 18.2 Å². The molecule has 218 valence electrons. The predicted molar refractivity (Wildman–Crippen MR) is 140 cm³/mol. The Morgan fingerprint density at radius 3 is 2.12 bits per heavy atom. The minimum Gasteiger partial charge on any atom is -0.481 e. The summed E-state index contributed by atoms with van der Waals surface area (Å²) in [5.74, 6) is -6.12. The van der Waals surface area contributed by atoms with Crippen LogP contribution < -0.4 is 27.4 Å². The van der Waals surface area contributed by atoms with Gasteiger partial charge in [-0.25, -0.2) is 4.79 Å². The fraction of sp³-hybridized carbons (Fsp3) is 0.440. The molecule has 0 aliphatic heterocycles. The van der Waals surface area contributed by atoms with Gasteiger partial charge >= 0.3 is 11.9 Å². The number of benzene rings is 1. The minimum absolute atomic E-state index is 0.109. The standard InChI is InChI=1S/C25H34N6O9/c1-12(32)21(25(39)40)31-24(38)18(10-13-11-28-16-5-3-2-4-14(13)16)30-23(37)17(7-8-19(27)33)29-22(36)15(26)6-9-20(34)35/h2-5,11-12,15,17-18,21,28,32H,6-10,26H2,1H3,(H2,27,33)(H,29,36)(H,30,37)(H,31,38)(H,34,35)(H,39,40). The summed E-state index contributed by atoms with van der Waals surface area (Å²) in [4.78, 5) is 75.7. The van der Waals surface area contributed by atoms with Crippen LogP contribution in [0.5, 0.6) is 0 Å². The third kappa shape index (κ3) is 9.36. The lowest BCUT2D eigenvalue weighted by Crippen LogP contribution is -2.58. The molecule has 0 fully saturated rings. The number of H-pyrrole nitrogens is 1. The molecule has 0 saturated carbocycles. The normalized spacial score (nSPS) is 14.8. The Morgan fingerprint density at radius 2 is 1.52 bits per heavy atom. The van der Waals surface area contributed by atoms with Gasteiger partial charge in [-0.15, -0.1) is 0 Å². The molecule has 0 bridgehead atoms. The van der Waals surface area contributed by atoms with Crippen molar-refractivity contribution in [1.82, 2.24) is 20.9 Å². The van der Waals surface area contributed by atoms with Gasteiger partial charge in [0.25, 0.3) is 0 Å². The van der Waals surface area contributed by atoms with E-state index in [0.29, 0.717) is 5.56 Å². The zero-order chi connectivity index (χ0) is 30.0. The largest absolute Gasteiger partial charge is 0.481 e. The molecule has 2 rings (SSSR count). The monoisotopic (exact) mass is 562 g/mol. The number of rotatable bonds is 16.